The molecule has 0 bridgehead atoms. The topological polar surface area (TPSA) is 21.3 Å². The summed E-state index contributed by atoms with van der Waals surface area (Å²) in [5.74, 6) is 0.754. The molecular weight excluding hydrogens is 222 g/mol. The highest BCUT2D eigenvalue weighted by molar-refractivity contribution is 4.86. The molecule has 2 heteroatoms. The number of rotatable bonds is 10. The Hall–Kier alpha value is -0.0800. The zero-order chi connectivity index (χ0) is 13.3. The van der Waals surface area contributed by atoms with Gasteiger partial charge in [-0.05, 0) is 43.6 Å². The van der Waals surface area contributed by atoms with Crippen LogP contribution in [0.1, 0.15) is 65.7 Å². The van der Waals surface area contributed by atoms with Gasteiger partial charge in [-0.15, -0.1) is 0 Å². The molecule has 0 aromatic rings. The smallest absolute Gasteiger partial charge is 0.0471 e. The van der Waals surface area contributed by atoms with Crippen molar-refractivity contribution in [3.05, 3.63) is 0 Å². The summed E-state index contributed by atoms with van der Waals surface area (Å²) in [6, 6.07) is 0. The summed E-state index contributed by atoms with van der Waals surface area (Å²) in [4.78, 5) is 0. The maximum absolute atomic E-state index is 5.76. The van der Waals surface area contributed by atoms with Crippen LogP contribution in [-0.4, -0.2) is 26.3 Å². The number of hydrogen-bond donors (Lipinski definition) is 1. The summed E-state index contributed by atoms with van der Waals surface area (Å²) >= 11 is 0. The predicted octanol–water partition coefficient (Wildman–Crippen LogP) is 4.00. The van der Waals surface area contributed by atoms with Crippen molar-refractivity contribution in [2.45, 2.75) is 65.7 Å². The standard InChI is InChI=1S/C16H33NO/c1-4-5-11-18-12-10-16(8-6-7-9-16)14-17-13-15(2)3/h15,17H,4-14H2,1-3H3. The third-order valence-electron chi connectivity index (χ3n) is 4.14. The molecule has 0 aromatic carbocycles. The van der Waals surface area contributed by atoms with Gasteiger partial charge in [-0.2, -0.15) is 0 Å². The maximum atomic E-state index is 5.76. The van der Waals surface area contributed by atoms with E-state index >= 15 is 0 Å². The van der Waals surface area contributed by atoms with Gasteiger partial charge in [-0.1, -0.05) is 40.0 Å². The SMILES string of the molecule is CCCCOCCC1(CNCC(C)C)CCCC1. The van der Waals surface area contributed by atoms with Crippen molar-refractivity contribution in [2.24, 2.45) is 11.3 Å². The Balaban J connectivity index is 2.20. The fraction of sp³-hybridized carbons (Fsp3) is 1.00. The van der Waals surface area contributed by atoms with E-state index in [2.05, 4.69) is 26.1 Å². The third kappa shape index (κ3) is 6.19. The zero-order valence-corrected chi connectivity index (χ0v) is 12.8. The zero-order valence-electron chi connectivity index (χ0n) is 12.8. The predicted molar refractivity (Wildman–Crippen MR) is 79.0 cm³/mol. The molecule has 1 N–H and O–H groups in total. The van der Waals surface area contributed by atoms with E-state index < -0.39 is 0 Å². The van der Waals surface area contributed by atoms with Gasteiger partial charge in [0.25, 0.3) is 0 Å². The van der Waals surface area contributed by atoms with E-state index in [0.717, 1.165) is 25.7 Å². The highest BCUT2D eigenvalue weighted by Crippen LogP contribution is 2.40. The lowest BCUT2D eigenvalue weighted by atomic mass is 9.83. The van der Waals surface area contributed by atoms with Gasteiger partial charge in [0, 0.05) is 19.8 Å². The van der Waals surface area contributed by atoms with Gasteiger partial charge in [0.2, 0.25) is 0 Å². The lowest BCUT2D eigenvalue weighted by molar-refractivity contribution is 0.0917. The maximum Gasteiger partial charge on any atom is 0.0471 e. The van der Waals surface area contributed by atoms with Crippen LogP contribution in [0.5, 0.6) is 0 Å². The molecule has 0 radical (unpaired) electrons. The molecule has 1 aliphatic rings. The van der Waals surface area contributed by atoms with Gasteiger partial charge < -0.3 is 10.1 Å². The Labute approximate surface area is 114 Å². The van der Waals surface area contributed by atoms with Crippen molar-refractivity contribution in [1.29, 1.82) is 0 Å². The Morgan fingerprint density at radius 2 is 1.89 bits per heavy atom. The Morgan fingerprint density at radius 1 is 1.17 bits per heavy atom. The average Bonchev–Trinajstić information content (AvgIpc) is 2.77. The molecule has 108 valence electrons. The normalized spacial score (nSPS) is 18.7. The monoisotopic (exact) mass is 255 g/mol. The molecule has 2 nitrogen and oxygen atoms in total. The quantitative estimate of drug-likeness (QED) is 0.596. The van der Waals surface area contributed by atoms with Crippen molar-refractivity contribution in [3.8, 4) is 0 Å². The molecule has 0 heterocycles. The molecule has 1 rings (SSSR count). The van der Waals surface area contributed by atoms with Crippen LogP contribution in [-0.2, 0) is 4.74 Å². The first-order valence-corrected chi connectivity index (χ1v) is 7.97. The lowest BCUT2D eigenvalue weighted by Gasteiger charge is -2.29. The van der Waals surface area contributed by atoms with E-state index in [1.807, 2.05) is 0 Å². The minimum Gasteiger partial charge on any atom is -0.381 e. The van der Waals surface area contributed by atoms with Gasteiger partial charge in [-0.25, -0.2) is 0 Å². The van der Waals surface area contributed by atoms with E-state index in [9.17, 15) is 0 Å². The molecule has 1 aliphatic carbocycles. The molecule has 0 saturated heterocycles. The average molecular weight is 255 g/mol. The van der Waals surface area contributed by atoms with Gasteiger partial charge in [0.1, 0.15) is 0 Å². The van der Waals surface area contributed by atoms with Crippen LogP contribution in [0.4, 0.5) is 0 Å². The number of ether oxygens (including phenoxy) is 1. The van der Waals surface area contributed by atoms with Crippen LogP contribution in [0.15, 0.2) is 0 Å². The summed E-state index contributed by atoms with van der Waals surface area (Å²) in [6.07, 6.45) is 9.32. The lowest BCUT2D eigenvalue weighted by Crippen LogP contribution is -2.35. The fourth-order valence-electron chi connectivity index (χ4n) is 2.90. The first-order chi connectivity index (χ1) is 8.68. The number of hydrogen-bond acceptors (Lipinski definition) is 2. The Morgan fingerprint density at radius 3 is 2.50 bits per heavy atom. The Bertz CT molecular complexity index is 197. The van der Waals surface area contributed by atoms with Gasteiger partial charge in [0.15, 0.2) is 0 Å². The molecule has 1 saturated carbocycles. The van der Waals surface area contributed by atoms with Crippen molar-refractivity contribution in [1.82, 2.24) is 5.32 Å². The van der Waals surface area contributed by atoms with Crippen molar-refractivity contribution in [3.63, 3.8) is 0 Å². The summed E-state index contributed by atoms with van der Waals surface area (Å²) in [5, 5.41) is 3.66. The molecule has 0 unspecified atom stereocenters. The second kappa shape index (κ2) is 8.92. The van der Waals surface area contributed by atoms with E-state index in [0.29, 0.717) is 5.41 Å². The number of nitrogens with one attached hydrogen (secondary N) is 1. The first-order valence-electron chi connectivity index (χ1n) is 7.97. The molecule has 0 aliphatic heterocycles. The molecular formula is C16H33NO. The molecule has 1 fully saturated rings. The van der Waals surface area contributed by atoms with Crippen LogP contribution in [0.3, 0.4) is 0 Å². The van der Waals surface area contributed by atoms with Crippen molar-refractivity contribution in [2.75, 3.05) is 26.3 Å². The van der Waals surface area contributed by atoms with Crippen LogP contribution in [0, 0.1) is 11.3 Å². The molecule has 0 spiro atoms. The summed E-state index contributed by atoms with van der Waals surface area (Å²) in [5.41, 5.74) is 0.543. The fourth-order valence-corrected chi connectivity index (χ4v) is 2.90. The van der Waals surface area contributed by atoms with Crippen LogP contribution in [0.25, 0.3) is 0 Å². The van der Waals surface area contributed by atoms with Crippen molar-refractivity contribution >= 4 is 0 Å². The summed E-state index contributed by atoms with van der Waals surface area (Å²) in [6.45, 7) is 11.0. The van der Waals surface area contributed by atoms with Gasteiger partial charge in [-0.3, -0.25) is 0 Å². The van der Waals surface area contributed by atoms with Crippen molar-refractivity contribution < 1.29 is 4.74 Å². The molecule has 0 aromatic heterocycles. The van der Waals surface area contributed by atoms with E-state index in [1.165, 1.54) is 51.5 Å². The minimum atomic E-state index is 0.543. The van der Waals surface area contributed by atoms with Gasteiger partial charge in [0.05, 0.1) is 0 Å². The third-order valence-corrected chi connectivity index (χ3v) is 4.14. The van der Waals surface area contributed by atoms with E-state index in [-0.39, 0.29) is 0 Å². The minimum absolute atomic E-state index is 0.543. The summed E-state index contributed by atoms with van der Waals surface area (Å²) in [7, 11) is 0. The van der Waals surface area contributed by atoms with E-state index in [4.69, 9.17) is 4.74 Å². The Kier molecular flexibility index (Phi) is 7.92. The number of unbranched alkanes of at least 4 members (excludes halogenated alkanes) is 1. The van der Waals surface area contributed by atoms with Crippen LogP contribution in [0.2, 0.25) is 0 Å². The highest BCUT2D eigenvalue weighted by Gasteiger charge is 2.32. The van der Waals surface area contributed by atoms with Crippen LogP contribution < -0.4 is 5.32 Å². The summed E-state index contributed by atoms with van der Waals surface area (Å²) < 4.78 is 5.76. The van der Waals surface area contributed by atoms with Gasteiger partial charge >= 0.3 is 0 Å². The molecule has 0 atom stereocenters. The largest absolute Gasteiger partial charge is 0.381 e. The highest BCUT2D eigenvalue weighted by atomic mass is 16.5. The van der Waals surface area contributed by atoms with E-state index in [1.54, 1.807) is 0 Å². The molecule has 0 amide bonds. The van der Waals surface area contributed by atoms with Crippen LogP contribution >= 0.6 is 0 Å². The second-order valence-corrected chi connectivity index (χ2v) is 6.45. The first kappa shape index (κ1) is 16.0. The molecule has 18 heavy (non-hydrogen) atoms. The second-order valence-electron chi connectivity index (χ2n) is 6.45.